The number of carbonyl (C=O) groups excluding carboxylic acids is 2. The van der Waals surface area contributed by atoms with Gasteiger partial charge in [-0.25, -0.2) is 4.68 Å². The average molecular weight is 445 g/mol. The van der Waals surface area contributed by atoms with Gasteiger partial charge in [-0.2, -0.15) is 5.10 Å². The molecular formula is C26H28N4O3. The number of hydrogen-bond acceptors (Lipinski definition) is 4. The van der Waals surface area contributed by atoms with Crippen LogP contribution in [0.4, 0.5) is 5.69 Å². The lowest BCUT2D eigenvalue weighted by Crippen LogP contribution is -2.40. The minimum absolute atomic E-state index is 0.0546. The van der Waals surface area contributed by atoms with Crippen LogP contribution in [-0.4, -0.2) is 42.3 Å². The van der Waals surface area contributed by atoms with Crippen molar-refractivity contribution in [3.05, 3.63) is 71.5 Å². The third-order valence-corrected chi connectivity index (χ3v) is 7.09. The summed E-state index contributed by atoms with van der Waals surface area (Å²) in [6.07, 6.45) is 6.23. The van der Waals surface area contributed by atoms with Gasteiger partial charge in [0.2, 0.25) is 5.91 Å². The molecule has 33 heavy (non-hydrogen) atoms. The average Bonchev–Trinajstić information content (AvgIpc) is 3.27. The SMILES string of the molecule is CNC(=O)CC1(c2ccc(N3CCc4cnn(-c5ccc(OC)cc5)c4C3=O)cc2)CCC1. The molecule has 7 nitrogen and oxygen atoms in total. The van der Waals surface area contributed by atoms with Crippen molar-refractivity contribution in [1.82, 2.24) is 15.1 Å². The first-order chi connectivity index (χ1) is 16.0. The molecule has 1 saturated carbocycles. The van der Waals surface area contributed by atoms with Crippen molar-refractivity contribution in [2.24, 2.45) is 0 Å². The molecule has 7 heteroatoms. The first-order valence-electron chi connectivity index (χ1n) is 11.4. The van der Waals surface area contributed by atoms with Crippen LogP contribution in [0.15, 0.2) is 54.7 Å². The molecule has 3 aromatic rings. The number of nitrogens with zero attached hydrogens (tertiary/aromatic N) is 3. The number of amides is 2. The van der Waals surface area contributed by atoms with E-state index in [1.165, 1.54) is 5.56 Å². The molecule has 1 fully saturated rings. The van der Waals surface area contributed by atoms with E-state index in [0.29, 0.717) is 18.7 Å². The number of carbonyl (C=O) groups is 2. The lowest BCUT2D eigenvalue weighted by molar-refractivity contribution is -0.122. The fourth-order valence-electron chi connectivity index (χ4n) is 4.98. The highest BCUT2D eigenvalue weighted by Gasteiger charge is 2.40. The molecule has 2 heterocycles. The van der Waals surface area contributed by atoms with E-state index in [4.69, 9.17) is 4.74 Å². The predicted octanol–water partition coefficient (Wildman–Crippen LogP) is 3.64. The molecule has 2 aromatic carbocycles. The smallest absolute Gasteiger partial charge is 0.277 e. The Morgan fingerprint density at radius 2 is 1.79 bits per heavy atom. The molecule has 1 aliphatic carbocycles. The fourth-order valence-corrected chi connectivity index (χ4v) is 4.98. The first-order valence-corrected chi connectivity index (χ1v) is 11.4. The Hall–Kier alpha value is -3.61. The molecular weight excluding hydrogens is 416 g/mol. The number of hydrogen-bond donors (Lipinski definition) is 1. The highest BCUT2D eigenvalue weighted by atomic mass is 16.5. The van der Waals surface area contributed by atoms with E-state index in [2.05, 4.69) is 22.5 Å². The maximum atomic E-state index is 13.5. The molecule has 2 aliphatic rings. The van der Waals surface area contributed by atoms with Crippen LogP contribution in [0.1, 0.15) is 47.3 Å². The number of rotatable bonds is 6. The van der Waals surface area contributed by atoms with Crippen LogP contribution in [0.25, 0.3) is 5.69 Å². The van der Waals surface area contributed by atoms with Gasteiger partial charge >= 0.3 is 0 Å². The second kappa shape index (κ2) is 8.39. The Labute approximate surface area is 193 Å². The van der Waals surface area contributed by atoms with Gasteiger partial charge in [0.25, 0.3) is 5.91 Å². The second-order valence-corrected chi connectivity index (χ2v) is 8.87. The summed E-state index contributed by atoms with van der Waals surface area (Å²) in [7, 11) is 3.31. The number of methoxy groups -OCH3 is 1. The largest absolute Gasteiger partial charge is 0.497 e. The van der Waals surface area contributed by atoms with Crippen molar-refractivity contribution in [3.63, 3.8) is 0 Å². The van der Waals surface area contributed by atoms with Crippen LogP contribution in [0.3, 0.4) is 0 Å². The van der Waals surface area contributed by atoms with Crippen LogP contribution in [0, 0.1) is 0 Å². The van der Waals surface area contributed by atoms with Gasteiger partial charge in [-0.1, -0.05) is 18.6 Å². The van der Waals surface area contributed by atoms with Gasteiger partial charge in [0.1, 0.15) is 11.4 Å². The van der Waals surface area contributed by atoms with E-state index in [1.807, 2.05) is 41.3 Å². The van der Waals surface area contributed by atoms with Crippen molar-refractivity contribution < 1.29 is 14.3 Å². The third-order valence-electron chi connectivity index (χ3n) is 7.09. The summed E-state index contributed by atoms with van der Waals surface area (Å²) in [6.45, 7) is 0.614. The summed E-state index contributed by atoms with van der Waals surface area (Å²) in [5.74, 6) is 0.777. The van der Waals surface area contributed by atoms with Crippen molar-refractivity contribution >= 4 is 17.5 Å². The van der Waals surface area contributed by atoms with Crippen LogP contribution in [0.5, 0.6) is 5.75 Å². The van der Waals surface area contributed by atoms with E-state index in [1.54, 1.807) is 25.0 Å². The summed E-state index contributed by atoms with van der Waals surface area (Å²) < 4.78 is 6.95. The zero-order valence-corrected chi connectivity index (χ0v) is 19.0. The maximum Gasteiger partial charge on any atom is 0.277 e. The molecule has 0 spiro atoms. The number of nitrogens with one attached hydrogen (secondary N) is 1. The van der Waals surface area contributed by atoms with Gasteiger partial charge in [0, 0.05) is 36.7 Å². The van der Waals surface area contributed by atoms with Gasteiger partial charge in [-0.15, -0.1) is 0 Å². The van der Waals surface area contributed by atoms with Gasteiger partial charge < -0.3 is 15.0 Å². The highest BCUT2D eigenvalue weighted by molar-refractivity contribution is 6.07. The van der Waals surface area contributed by atoms with Crippen LogP contribution >= 0.6 is 0 Å². The van der Waals surface area contributed by atoms with E-state index in [0.717, 1.165) is 48.4 Å². The first kappa shape index (κ1) is 21.2. The molecule has 2 amide bonds. The quantitative estimate of drug-likeness (QED) is 0.630. The molecule has 0 bridgehead atoms. The van der Waals surface area contributed by atoms with Gasteiger partial charge in [-0.05, 0) is 61.2 Å². The molecule has 5 rings (SSSR count). The Morgan fingerprint density at radius 1 is 1.09 bits per heavy atom. The monoisotopic (exact) mass is 444 g/mol. The topological polar surface area (TPSA) is 76.5 Å². The zero-order valence-electron chi connectivity index (χ0n) is 19.0. The van der Waals surface area contributed by atoms with Crippen molar-refractivity contribution in [1.29, 1.82) is 0 Å². The summed E-state index contributed by atoms with van der Waals surface area (Å²) in [4.78, 5) is 27.4. The zero-order chi connectivity index (χ0) is 23.0. The Kier molecular flexibility index (Phi) is 5.40. The maximum absolute atomic E-state index is 13.5. The minimum Gasteiger partial charge on any atom is -0.497 e. The number of fused-ring (bicyclic) bond motifs is 1. The standard InChI is InChI=1S/C26H28N4O3/c1-27-23(31)16-26(13-3-14-26)19-4-6-20(7-5-19)29-15-12-18-17-28-30(24(18)25(29)32)21-8-10-22(33-2)11-9-21/h4-11,17H,3,12-16H2,1-2H3,(H,27,31). The van der Waals surface area contributed by atoms with Crippen LogP contribution < -0.4 is 15.0 Å². The van der Waals surface area contributed by atoms with Crippen molar-refractivity contribution in [2.75, 3.05) is 25.6 Å². The van der Waals surface area contributed by atoms with Gasteiger partial charge in [-0.3, -0.25) is 9.59 Å². The predicted molar refractivity (Wildman–Crippen MR) is 126 cm³/mol. The van der Waals surface area contributed by atoms with Crippen LogP contribution in [0.2, 0.25) is 0 Å². The minimum atomic E-state index is -0.0787. The lowest BCUT2D eigenvalue weighted by atomic mass is 9.62. The Bertz CT molecular complexity index is 1180. The molecule has 0 saturated heterocycles. The van der Waals surface area contributed by atoms with E-state index in [9.17, 15) is 9.59 Å². The van der Waals surface area contributed by atoms with E-state index in [-0.39, 0.29) is 17.2 Å². The molecule has 1 aromatic heterocycles. The Balaban J connectivity index is 1.41. The highest BCUT2D eigenvalue weighted by Crippen LogP contribution is 2.46. The number of benzene rings is 2. The summed E-state index contributed by atoms with van der Waals surface area (Å²) >= 11 is 0. The Morgan fingerprint density at radius 3 is 2.39 bits per heavy atom. The number of aromatic nitrogens is 2. The van der Waals surface area contributed by atoms with Gasteiger partial charge in [0.15, 0.2) is 0 Å². The molecule has 1 aliphatic heterocycles. The number of ether oxygens (including phenoxy) is 1. The summed E-state index contributed by atoms with van der Waals surface area (Å²) in [5, 5.41) is 7.25. The van der Waals surface area contributed by atoms with Crippen molar-refractivity contribution in [2.45, 2.75) is 37.5 Å². The van der Waals surface area contributed by atoms with Gasteiger partial charge in [0.05, 0.1) is 19.0 Å². The van der Waals surface area contributed by atoms with Crippen molar-refractivity contribution in [3.8, 4) is 11.4 Å². The third kappa shape index (κ3) is 3.67. The summed E-state index contributed by atoms with van der Waals surface area (Å²) in [5.41, 5.74) is 4.35. The van der Waals surface area contributed by atoms with E-state index >= 15 is 0 Å². The van der Waals surface area contributed by atoms with Crippen LogP contribution in [-0.2, 0) is 16.6 Å². The molecule has 0 atom stereocenters. The molecule has 0 radical (unpaired) electrons. The van der Waals surface area contributed by atoms with E-state index < -0.39 is 0 Å². The lowest BCUT2D eigenvalue weighted by Gasteiger charge is -2.42. The normalized spacial score (nSPS) is 16.7. The molecule has 0 unspecified atom stereocenters. The number of anilines is 1. The second-order valence-electron chi connectivity index (χ2n) is 8.87. The summed E-state index contributed by atoms with van der Waals surface area (Å²) in [6, 6.07) is 15.7. The molecule has 1 N–H and O–H groups in total. The fraction of sp³-hybridized carbons (Fsp3) is 0.346. The molecule has 170 valence electrons.